The lowest BCUT2D eigenvalue weighted by Gasteiger charge is -2.23. The van der Waals surface area contributed by atoms with Crippen molar-refractivity contribution in [2.75, 3.05) is 40.5 Å². The Bertz CT molecular complexity index is 481. The third kappa shape index (κ3) is 8.73. The minimum absolute atomic E-state index is 0. The van der Waals surface area contributed by atoms with Crippen LogP contribution in [0.15, 0.2) is 29.3 Å². The number of hydrogen-bond acceptors (Lipinski definition) is 3. The topological polar surface area (TPSA) is 46.1 Å². The number of benzene rings is 1. The first-order valence-electron chi connectivity index (χ1n) is 8.27. The van der Waals surface area contributed by atoms with Crippen molar-refractivity contribution in [3.63, 3.8) is 0 Å². The Labute approximate surface area is 163 Å². The molecule has 0 aromatic heterocycles. The van der Waals surface area contributed by atoms with E-state index in [0.717, 1.165) is 37.0 Å². The van der Waals surface area contributed by atoms with Crippen LogP contribution in [0.2, 0.25) is 0 Å². The van der Waals surface area contributed by atoms with Crippen molar-refractivity contribution in [3.8, 4) is 5.75 Å². The predicted molar refractivity (Wildman–Crippen MR) is 112 cm³/mol. The Hall–Kier alpha value is -1.02. The maximum absolute atomic E-state index is 5.58. The van der Waals surface area contributed by atoms with Crippen molar-refractivity contribution in [2.24, 2.45) is 10.9 Å². The van der Waals surface area contributed by atoms with Gasteiger partial charge in [0.1, 0.15) is 5.75 Å². The van der Waals surface area contributed by atoms with Gasteiger partial charge < -0.3 is 19.7 Å². The fraction of sp³-hybridized carbons (Fsp3) is 0.611. The van der Waals surface area contributed by atoms with Gasteiger partial charge in [-0.25, -0.2) is 0 Å². The van der Waals surface area contributed by atoms with E-state index in [0.29, 0.717) is 19.1 Å². The molecular formula is C18H32IN3O2. The highest BCUT2D eigenvalue weighted by Gasteiger charge is 2.09. The van der Waals surface area contributed by atoms with Crippen molar-refractivity contribution in [1.29, 1.82) is 0 Å². The normalized spacial score (nSPS) is 11.2. The van der Waals surface area contributed by atoms with Crippen LogP contribution in [0.25, 0.3) is 0 Å². The van der Waals surface area contributed by atoms with Crippen molar-refractivity contribution in [2.45, 2.75) is 27.3 Å². The zero-order valence-corrected chi connectivity index (χ0v) is 17.9. The monoisotopic (exact) mass is 449 g/mol. The van der Waals surface area contributed by atoms with Crippen LogP contribution in [0.5, 0.6) is 5.75 Å². The zero-order valence-electron chi connectivity index (χ0n) is 15.5. The van der Waals surface area contributed by atoms with Gasteiger partial charge in [0.15, 0.2) is 5.96 Å². The van der Waals surface area contributed by atoms with Crippen LogP contribution in [0.4, 0.5) is 0 Å². The first-order valence-corrected chi connectivity index (χ1v) is 8.27. The van der Waals surface area contributed by atoms with E-state index in [4.69, 9.17) is 9.47 Å². The van der Waals surface area contributed by atoms with Crippen molar-refractivity contribution in [1.82, 2.24) is 10.2 Å². The van der Waals surface area contributed by atoms with Gasteiger partial charge >= 0.3 is 0 Å². The number of ether oxygens (including phenoxy) is 2. The number of aliphatic imine (C=N–C) groups is 1. The predicted octanol–water partition coefficient (Wildman–Crippen LogP) is 3.38. The van der Waals surface area contributed by atoms with Crippen LogP contribution in [-0.2, 0) is 11.3 Å². The van der Waals surface area contributed by atoms with Gasteiger partial charge in [0, 0.05) is 32.3 Å². The molecule has 0 spiro atoms. The average molecular weight is 449 g/mol. The molecule has 0 aliphatic heterocycles. The molecule has 0 fully saturated rings. The highest BCUT2D eigenvalue weighted by molar-refractivity contribution is 14.0. The summed E-state index contributed by atoms with van der Waals surface area (Å²) in [6.07, 6.45) is 0. The number of nitrogens with one attached hydrogen (secondary N) is 1. The number of nitrogens with zero attached hydrogens (tertiary/aromatic N) is 2. The first-order chi connectivity index (χ1) is 11.1. The zero-order chi connectivity index (χ0) is 17.1. The van der Waals surface area contributed by atoms with Gasteiger partial charge in [0.2, 0.25) is 0 Å². The van der Waals surface area contributed by atoms with E-state index in [1.54, 1.807) is 7.11 Å². The summed E-state index contributed by atoms with van der Waals surface area (Å²) >= 11 is 0. The summed E-state index contributed by atoms with van der Waals surface area (Å²) in [5, 5.41) is 3.32. The molecule has 0 unspecified atom stereocenters. The Morgan fingerprint density at radius 2 is 2.00 bits per heavy atom. The molecule has 0 saturated heterocycles. The third-order valence-electron chi connectivity index (χ3n) is 3.24. The summed E-state index contributed by atoms with van der Waals surface area (Å²) in [6.45, 7) is 10.0. The van der Waals surface area contributed by atoms with Gasteiger partial charge in [-0.2, -0.15) is 0 Å². The fourth-order valence-corrected chi connectivity index (χ4v) is 2.17. The first kappa shape index (κ1) is 23.0. The summed E-state index contributed by atoms with van der Waals surface area (Å²) in [4.78, 5) is 6.73. The van der Waals surface area contributed by atoms with Crippen molar-refractivity contribution < 1.29 is 9.47 Å². The van der Waals surface area contributed by atoms with Gasteiger partial charge in [0.25, 0.3) is 0 Å². The van der Waals surface area contributed by atoms with Crippen molar-refractivity contribution in [3.05, 3.63) is 29.8 Å². The quantitative estimate of drug-likeness (QED) is 0.272. The van der Waals surface area contributed by atoms with E-state index in [9.17, 15) is 0 Å². The Balaban J connectivity index is 0.00000529. The Morgan fingerprint density at radius 1 is 1.29 bits per heavy atom. The second-order valence-electron chi connectivity index (χ2n) is 5.87. The lowest BCUT2D eigenvalue weighted by atomic mass is 10.2. The molecule has 1 rings (SSSR count). The van der Waals surface area contributed by atoms with Crippen LogP contribution in [0.3, 0.4) is 0 Å². The summed E-state index contributed by atoms with van der Waals surface area (Å²) in [5.74, 6) is 2.34. The van der Waals surface area contributed by atoms with E-state index in [2.05, 4.69) is 42.0 Å². The minimum Gasteiger partial charge on any atom is -0.496 e. The van der Waals surface area contributed by atoms with Crippen molar-refractivity contribution >= 4 is 29.9 Å². The summed E-state index contributed by atoms with van der Waals surface area (Å²) in [6, 6.07) is 8.06. The van der Waals surface area contributed by atoms with Crippen LogP contribution >= 0.6 is 24.0 Å². The second kappa shape index (κ2) is 13.3. The van der Waals surface area contributed by atoms with Crippen LogP contribution < -0.4 is 10.1 Å². The molecule has 1 N–H and O–H groups in total. The summed E-state index contributed by atoms with van der Waals surface area (Å²) < 4.78 is 11.0. The summed E-state index contributed by atoms with van der Waals surface area (Å²) in [7, 11) is 3.73. The van der Waals surface area contributed by atoms with E-state index < -0.39 is 0 Å². The average Bonchev–Trinajstić information content (AvgIpc) is 2.53. The van der Waals surface area contributed by atoms with Gasteiger partial charge in [-0.05, 0) is 18.9 Å². The molecule has 0 amide bonds. The molecule has 1 aromatic rings. The molecule has 138 valence electrons. The van der Waals surface area contributed by atoms with Gasteiger partial charge in [-0.15, -0.1) is 24.0 Å². The van der Waals surface area contributed by atoms with E-state index in [-0.39, 0.29) is 24.0 Å². The molecule has 0 radical (unpaired) electrons. The Kier molecular flexibility index (Phi) is 12.7. The molecule has 5 nitrogen and oxygen atoms in total. The summed E-state index contributed by atoms with van der Waals surface area (Å²) in [5.41, 5.74) is 1.14. The maximum Gasteiger partial charge on any atom is 0.194 e. The number of methoxy groups -OCH3 is 1. The largest absolute Gasteiger partial charge is 0.496 e. The fourth-order valence-electron chi connectivity index (χ4n) is 2.17. The minimum atomic E-state index is 0. The molecule has 0 aliphatic carbocycles. The van der Waals surface area contributed by atoms with Crippen LogP contribution in [-0.4, -0.2) is 51.3 Å². The Morgan fingerprint density at radius 3 is 2.62 bits per heavy atom. The smallest absolute Gasteiger partial charge is 0.194 e. The lowest BCUT2D eigenvalue weighted by Crippen LogP contribution is -2.38. The SMILES string of the molecule is CCNC(=NCCOCC(C)C)N(C)Cc1ccccc1OC.I. The number of guanidine groups is 1. The van der Waals surface area contributed by atoms with E-state index >= 15 is 0 Å². The van der Waals surface area contributed by atoms with Crippen LogP contribution in [0.1, 0.15) is 26.3 Å². The molecule has 0 aliphatic rings. The molecule has 0 atom stereocenters. The second-order valence-corrected chi connectivity index (χ2v) is 5.87. The highest BCUT2D eigenvalue weighted by Crippen LogP contribution is 2.18. The number of halogens is 1. The van der Waals surface area contributed by atoms with Gasteiger partial charge in [0.05, 0.1) is 20.3 Å². The number of hydrogen-bond donors (Lipinski definition) is 1. The molecule has 6 heteroatoms. The lowest BCUT2D eigenvalue weighted by molar-refractivity contribution is 0.116. The molecule has 1 aromatic carbocycles. The molecular weight excluding hydrogens is 417 g/mol. The molecule has 0 heterocycles. The van der Waals surface area contributed by atoms with Crippen LogP contribution in [0, 0.1) is 5.92 Å². The van der Waals surface area contributed by atoms with E-state index in [1.807, 2.05) is 25.2 Å². The molecule has 0 saturated carbocycles. The highest BCUT2D eigenvalue weighted by atomic mass is 127. The van der Waals surface area contributed by atoms with Gasteiger partial charge in [-0.1, -0.05) is 32.0 Å². The number of rotatable bonds is 9. The number of para-hydroxylation sites is 1. The van der Waals surface area contributed by atoms with Gasteiger partial charge in [-0.3, -0.25) is 4.99 Å². The standard InChI is InChI=1S/C18H31N3O2.HI/c1-6-19-18(20-11-12-23-14-15(2)3)21(4)13-16-9-7-8-10-17(16)22-5;/h7-10,15H,6,11-14H2,1-5H3,(H,19,20);1H. The maximum atomic E-state index is 5.58. The molecule has 0 bridgehead atoms. The van der Waals surface area contributed by atoms with E-state index in [1.165, 1.54) is 0 Å². The molecule has 24 heavy (non-hydrogen) atoms. The third-order valence-corrected chi connectivity index (χ3v) is 3.24.